The fourth-order valence-electron chi connectivity index (χ4n) is 1.99. The van der Waals surface area contributed by atoms with Gasteiger partial charge in [-0.25, -0.2) is 9.67 Å². The van der Waals surface area contributed by atoms with Gasteiger partial charge in [0.25, 0.3) is 0 Å². The van der Waals surface area contributed by atoms with Gasteiger partial charge in [-0.2, -0.15) is 5.10 Å². The number of hydrogen-bond acceptors (Lipinski definition) is 4. The summed E-state index contributed by atoms with van der Waals surface area (Å²) >= 11 is 0. The zero-order chi connectivity index (χ0) is 11.5. The second kappa shape index (κ2) is 4.65. The second-order valence-electron chi connectivity index (χ2n) is 3.95. The Hall–Kier alpha value is -1.72. The highest BCUT2D eigenvalue weighted by atomic mass is 16.5. The first-order valence-corrected chi connectivity index (χ1v) is 5.71. The number of nitrogens with zero attached hydrogens (tertiary/aromatic N) is 3. The van der Waals surface area contributed by atoms with Crippen molar-refractivity contribution in [2.45, 2.75) is 6.04 Å². The SMILES string of the molecule is c1ccc(-n2ncnc2C2COCCN2)cc1. The number of nitrogens with one attached hydrogen (secondary N) is 1. The summed E-state index contributed by atoms with van der Waals surface area (Å²) in [4.78, 5) is 4.33. The highest BCUT2D eigenvalue weighted by Crippen LogP contribution is 2.16. The van der Waals surface area contributed by atoms with Crippen LogP contribution in [0.15, 0.2) is 36.7 Å². The normalized spacial score (nSPS) is 20.4. The molecule has 2 aromatic rings. The van der Waals surface area contributed by atoms with Crippen molar-refractivity contribution in [1.29, 1.82) is 0 Å². The third-order valence-corrected chi connectivity index (χ3v) is 2.81. The smallest absolute Gasteiger partial charge is 0.151 e. The van der Waals surface area contributed by atoms with Gasteiger partial charge in [-0.1, -0.05) is 18.2 Å². The monoisotopic (exact) mass is 230 g/mol. The van der Waals surface area contributed by atoms with Crippen molar-refractivity contribution < 1.29 is 4.74 Å². The van der Waals surface area contributed by atoms with Crippen LogP contribution in [0.1, 0.15) is 11.9 Å². The van der Waals surface area contributed by atoms with Crippen molar-refractivity contribution in [3.05, 3.63) is 42.5 Å². The van der Waals surface area contributed by atoms with E-state index in [2.05, 4.69) is 15.4 Å². The number of hydrogen-bond donors (Lipinski definition) is 1. The summed E-state index contributed by atoms with van der Waals surface area (Å²) in [5.41, 5.74) is 1.02. The maximum Gasteiger partial charge on any atom is 0.151 e. The lowest BCUT2D eigenvalue weighted by Gasteiger charge is -2.23. The molecular weight excluding hydrogens is 216 g/mol. The van der Waals surface area contributed by atoms with Crippen LogP contribution in [0, 0.1) is 0 Å². The van der Waals surface area contributed by atoms with E-state index in [1.54, 1.807) is 6.33 Å². The number of ether oxygens (including phenoxy) is 1. The molecule has 1 unspecified atom stereocenters. The average molecular weight is 230 g/mol. The van der Waals surface area contributed by atoms with E-state index < -0.39 is 0 Å². The van der Waals surface area contributed by atoms with Crippen LogP contribution >= 0.6 is 0 Å². The molecule has 1 aromatic carbocycles. The third kappa shape index (κ3) is 2.07. The Morgan fingerprint density at radius 3 is 2.94 bits per heavy atom. The molecule has 5 nitrogen and oxygen atoms in total. The fraction of sp³-hybridized carbons (Fsp3) is 0.333. The molecule has 88 valence electrons. The first-order valence-electron chi connectivity index (χ1n) is 5.71. The molecule has 1 N–H and O–H groups in total. The number of rotatable bonds is 2. The second-order valence-corrected chi connectivity index (χ2v) is 3.95. The lowest BCUT2D eigenvalue weighted by Crippen LogP contribution is -2.36. The fourth-order valence-corrected chi connectivity index (χ4v) is 1.99. The molecule has 2 heterocycles. The maximum absolute atomic E-state index is 5.45. The molecule has 17 heavy (non-hydrogen) atoms. The van der Waals surface area contributed by atoms with Gasteiger partial charge < -0.3 is 10.1 Å². The highest BCUT2D eigenvalue weighted by molar-refractivity contribution is 5.31. The predicted octanol–water partition coefficient (Wildman–Crippen LogP) is 0.928. The van der Waals surface area contributed by atoms with E-state index in [1.807, 2.05) is 35.0 Å². The lowest BCUT2D eigenvalue weighted by atomic mass is 10.2. The molecule has 0 radical (unpaired) electrons. The van der Waals surface area contributed by atoms with Gasteiger partial charge in [0.15, 0.2) is 5.82 Å². The van der Waals surface area contributed by atoms with Crippen molar-refractivity contribution in [1.82, 2.24) is 20.1 Å². The van der Waals surface area contributed by atoms with Crippen molar-refractivity contribution in [3.63, 3.8) is 0 Å². The number of para-hydroxylation sites is 1. The van der Waals surface area contributed by atoms with Gasteiger partial charge in [-0.15, -0.1) is 0 Å². The molecule has 1 aromatic heterocycles. The zero-order valence-corrected chi connectivity index (χ0v) is 9.41. The Balaban J connectivity index is 1.93. The number of morpholine rings is 1. The third-order valence-electron chi connectivity index (χ3n) is 2.81. The Kier molecular flexibility index (Phi) is 2.85. The van der Waals surface area contributed by atoms with Crippen molar-refractivity contribution >= 4 is 0 Å². The van der Waals surface area contributed by atoms with E-state index in [0.717, 1.165) is 24.7 Å². The minimum atomic E-state index is 0.117. The van der Waals surface area contributed by atoms with Crippen LogP contribution in [0.3, 0.4) is 0 Å². The Labute approximate surface area is 99.4 Å². The van der Waals surface area contributed by atoms with Gasteiger partial charge in [-0.05, 0) is 12.1 Å². The Morgan fingerprint density at radius 2 is 2.18 bits per heavy atom. The maximum atomic E-state index is 5.45. The van der Waals surface area contributed by atoms with Crippen LogP contribution in [0.25, 0.3) is 5.69 Å². The molecular formula is C12H14N4O. The molecule has 0 amide bonds. The van der Waals surface area contributed by atoms with Gasteiger partial charge in [0.05, 0.1) is 24.9 Å². The van der Waals surface area contributed by atoms with Crippen LogP contribution in [0.2, 0.25) is 0 Å². The van der Waals surface area contributed by atoms with Crippen LogP contribution in [-0.2, 0) is 4.74 Å². The van der Waals surface area contributed by atoms with E-state index in [-0.39, 0.29) is 6.04 Å². The van der Waals surface area contributed by atoms with Crippen LogP contribution in [0.4, 0.5) is 0 Å². The summed E-state index contributed by atoms with van der Waals surface area (Å²) in [6, 6.07) is 10.1. The number of aromatic nitrogens is 3. The first-order chi connectivity index (χ1) is 8.45. The molecule has 1 atom stereocenters. The lowest BCUT2D eigenvalue weighted by molar-refractivity contribution is 0.0735. The molecule has 0 bridgehead atoms. The van der Waals surface area contributed by atoms with Crippen LogP contribution in [0.5, 0.6) is 0 Å². The zero-order valence-electron chi connectivity index (χ0n) is 9.41. The molecule has 1 fully saturated rings. The average Bonchev–Trinajstić information content (AvgIpc) is 2.90. The summed E-state index contributed by atoms with van der Waals surface area (Å²) in [5, 5.41) is 7.65. The molecule has 1 saturated heterocycles. The summed E-state index contributed by atoms with van der Waals surface area (Å²) in [6.45, 7) is 2.26. The van der Waals surface area contributed by atoms with E-state index >= 15 is 0 Å². The van der Waals surface area contributed by atoms with E-state index in [4.69, 9.17) is 4.74 Å². The molecule has 0 aliphatic carbocycles. The summed E-state index contributed by atoms with van der Waals surface area (Å²) in [6.07, 6.45) is 1.58. The standard InChI is InChI=1S/C12H14N4O/c1-2-4-10(5-3-1)16-12(14-9-15-16)11-8-17-7-6-13-11/h1-5,9,11,13H,6-8H2. The Bertz CT molecular complexity index is 476. The molecule has 1 aliphatic heterocycles. The highest BCUT2D eigenvalue weighted by Gasteiger charge is 2.21. The molecule has 5 heteroatoms. The van der Waals surface area contributed by atoms with E-state index in [1.165, 1.54) is 0 Å². The van der Waals surface area contributed by atoms with Crippen molar-refractivity contribution in [2.24, 2.45) is 0 Å². The summed E-state index contributed by atoms with van der Waals surface area (Å²) in [7, 11) is 0. The minimum absolute atomic E-state index is 0.117. The van der Waals surface area contributed by atoms with E-state index in [9.17, 15) is 0 Å². The predicted molar refractivity (Wildman–Crippen MR) is 62.9 cm³/mol. The summed E-state index contributed by atoms with van der Waals surface area (Å²) in [5.74, 6) is 0.899. The molecule has 1 aliphatic rings. The van der Waals surface area contributed by atoms with Crippen molar-refractivity contribution in [3.8, 4) is 5.69 Å². The first kappa shape index (κ1) is 10.4. The topological polar surface area (TPSA) is 52.0 Å². The molecule has 3 rings (SSSR count). The minimum Gasteiger partial charge on any atom is -0.378 e. The van der Waals surface area contributed by atoms with Gasteiger partial charge in [0, 0.05) is 6.54 Å². The van der Waals surface area contributed by atoms with E-state index in [0.29, 0.717) is 6.61 Å². The molecule has 0 spiro atoms. The van der Waals surface area contributed by atoms with Gasteiger partial charge in [0.1, 0.15) is 6.33 Å². The van der Waals surface area contributed by atoms with Crippen LogP contribution in [-0.4, -0.2) is 34.5 Å². The van der Waals surface area contributed by atoms with Crippen LogP contribution < -0.4 is 5.32 Å². The molecule has 0 saturated carbocycles. The van der Waals surface area contributed by atoms with Gasteiger partial charge in [0.2, 0.25) is 0 Å². The summed E-state index contributed by atoms with van der Waals surface area (Å²) < 4.78 is 7.31. The number of benzene rings is 1. The van der Waals surface area contributed by atoms with Crippen molar-refractivity contribution in [2.75, 3.05) is 19.8 Å². The largest absolute Gasteiger partial charge is 0.378 e. The van der Waals surface area contributed by atoms with Gasteiger partial charge >= 0.3 is 0 Å². The quantitative estimate of drug-likeness (QED) is 0.833. The Morgan fingerprint density at radius 1 is 1.29 bits per heavy atom. The van der Waals surface area contributed by atoms with Gasteiger partial charge in [-0.3, -0.25) is 0 Å².